The third-order valence-corrected chi connectivity index (χ3v) is 5.94. The smallest absolute Gasteiger partial charge is 0.270 e. The predicted octanol–water partition coefficient (Wildman–Crippen LogP) is 3.71. The molecule has 140 valence electrons. The van der Waals surface area contributed by atoms with Gasteiger partial charge >= 0.3 is 0 Å². The molecule has 0 saturated carbocycles. The van der Waals surface area contributed by atoms with Crippen molar-refractivity contribution >= 4 is 23.5 Å². The van der Waals surface area contributed by atoms with Crippen LogP contribution in [0.1, 0.15) is 56.0 Å². The van der Waals surface area contributed by atoms with Crippen LogP contribution in [0, 0.1) is 0 Å². The van der Waals surface area contributed by atoms with Crippen molar-refractivity contribution in [1.82, 2.24) is 9.78 Å². The summed E-state index contributed by atoms with van der Waals surface area (Å²) in [6, 6.07) is 7.90. The normalized spacial score (nSPS) is 16.9. The molecule has 1 aromatic carbocycles. The Bertz CT molecular complexity index is 822. The minimum atomic E-state index is -0.195. The van der Waals surface area contributed by atoms with Gasteiger partial charge in [0.1, 0.15) is 11.6 Å². The highest BCUT2D eigenvalue weighted by atomic mass is 32.2. The van der Waals surface area contributed by atoms with Crippen LogP contribution in [0.4, 0.5) is 5.82 Å². The summed E-state index contributed by atoms with van der Waals surface area (Å²) in [5.74, 6) is 1.64. The number of rotatable bonds is 6. The first-order valence-corrected chi connectivity index (χ1v) is 10.1. The first-order chi connectivity index (χ1) is 12.6. The molecule has 1 atom stereocenters. The molecule has 2 heterocycles. The number of carbonyl (C=O) groups is 1. The fraction of sp³-hybridized carbons (Fsp3) is 0.474. The molecule has 0 spiro atoms. The van der Waals surface area contributed by atoms with E-state index in [1.807, 2.05) is 35.9 Å². The summed E-state index contributed by atoms with van der Waals surface area (Å²) in [5.41, 5.74) is 1.47. The van der Waals surface area contributed by atoms with Gasteiger partial charge < -0.3 is 10.1 Å². The molecule has 0 fully saturated rings. The van der Waals surface area contributed by atoms with Gasteiger partial charge in [-0.2, -0.15) is 0 Å². The number of fused-ring (bicyclic) bond motifs is 1. The molecule has 2 N–H and O–H groups in total. The standard InChI is InChI=1S/C19H25N3O3S/c1-4-13(5-2)22-18-16(19(24)21-22)17(26-11-15(23)20-18)12-7-9-14(10-8-12)25-6-3/h7-10,13,17H,4-6,11H2,1-3H3,(H,20,23)(H,21,24)/t17-/m1/s1. The third kappa shape index (κ3) is 3.53. The largest absolute Gasteiger partial charge is 0.494 e. The second-order valence-electron chi connectivity index (χ2n) is 6.28. The minimum Gasteiger partial charge on any atom is -0.494 e. The number of amides is 1. The van der Waals surface area contributed by atoms with Gasteiger partial charge in [0.05, 0.1) is 29.2 Å². The number of ether oxygens (including phenoxy) is 1. The molecule has 0 aliphatic carbocycles. The molecule has 7 heteroatoms. The van der Waals surface area contributed by atoms with Gasteiger partial charge in [0.15, 0.2) is 0 Å². The van der Waals surface area contributed by atoms with E-state index in [1.165, 1.54) is 11.8 Å². The summed E-state index contributed by atoms with van der Waals surface area (Å²) >= 11 is 1.48. The number of aromatic amines is 1. The highest BCUT2D eigenvalue weighted by Gasteiger charge is 2.31. The molecule has 2 aromatic rings. The second kappa shape index (κ2) is 8.03. The molecule has 26 heavy (non-hydrogen) atoms. The molecule has 1 aliphatic heterocycles. The molecule has 0 saturated heterocycles. The number of hydrogen-bond acceptors (Lipinski definition) is 4. The van der Waals surface area contributed by atoms with Gasteiger partial charge in [-0.3, -0.25) is 19.4 Å². The summed E-state index contributed by atoms with van der Waals surface area (Å²) in [7, 11) is 0. The Morgan fingerprint density at radius 1 is 1.19 bits per heavy atom. The van der Waals surface area contributed by atoms with Gasteiger partial charge in [0.2, 0.25) is 5.91 Å². The molecule has 0 unspecified atom stereocenters. The monoisotopic (exact) mass is 375 g/mol. The number of nitrogens with zero attached hydrogens (tertiary/aromatic N) is 1. The van der Waals surface area contributed by atoms with E-state index in [0.717, 1.165) is 24.2 Å². The number of nitrogens with one attached hydrogen (secondary N) is 2. The number of H-pyrrole nitrogens is 1. The van der Waals surface area contributed by atoms with Crippen LogP contribution < -0.4 is 15.6 Å². The van der Waals surface area contributed by atoms with Crippen LogP contribution in [0.3, 0.4) is 0 Å². The number of benzene rings is 1. The van der Waals surface area contributed by atoms with Crippen molar-refractivity contribution in [3.8, 4) is 5.75 Å². The quantitative estimate of drug-likeness (QED) is 0.807. The van der Waals surface area contributed by atoms with Gasteiger partial charge in [0.25, 0.3) is 5.56 Å². The molecular weight excluding hydrogens is 350 g/mol. The highest BCUT2D eigenvalue weighted by Crippen LogP contribution is 2.41. The first kappa shape index (κ1) is 18.6. The summed E-state index contributed by atoms with van der Waals surface area (Å²) in [4.78, 5) is 25.0. The van der Waals surface area contributed by atoms with Gasteiger partial charge in [-0.15, -0.1) is 11.8 Å². The lowest BCUT2D eigenvalue weighted by atomic mass is 10.1. The van der Waals surface area contributed by atoms with Crippen molar-refractivity contribution in [1.29, 1.82) is 0 Å². The fourth-order valence-electron chi connectivity index (χ4n) is 3.34. The number of carbonyl (C=O) groups excluding carboxylic acids is 1. The third-order valence-electron chi connectivity index (χ3n) is 4.67. The number of anilines is 1. The maximum atomic E-state index is 12.8. The van der Waals surface area contributed by atoms with E-state index in [0.29, 0.717) is 23.7 Å². The highest BCUT2D eigenvalue weighted by molar-refractivity contribution is 8.00. The maximum absolute atomic E-state index is 12.8. The molecule has 3 rings (SSSR count). The summed E-state index contributed by atoms with van der Waals surface area (Å²) in [6.45, 7) is 6.71. The Morgan fingerprint density at radius 2 is 1.88 bits per heavy atom. The zero-order chi connectivity index (χ0) is 18.7. The summed E-state index contributed by atoms with van der Waals surface area (Å²) in [6.07, 6.45) is 1.76. The zero-order valence-corrected chi connectivity index (χ0v) is 16.2. The SMILES string of the molecule is CCOc1ccc([C@H]2SCC(=O)Nc3c2c(=O)[nH]n3C(CC)CC)cc1. The van der Waals surface area contributed by atoms with Gasteiger partial charge in [-0.1, -0.05) is 26.0 Å². The van der Waals surface area contributed by atoms with Crippen molar-refractivity contribution < 1.29 is 9.53 Å². The topological polar surface area (TPSA) is 76.1 Å². The Labute approximate surface area is 157 Å². The zero-order valence-electron chi connectivity index (χ0n) is 15.4. The fourth-order valence-corrected chi connectivity index (χ4v) is 4.47. The lowest BCUT2D eigenvalue weighted by Crippen LogP contribution is -2.19. The van der Waals surface area contributed by atoms with Crippen LogP contribution in [0.15, 0.2) is 29.1 Å². The van der Waals surface area contributed by atoms with Crippen molar-refractivity contribution in [2.24, 2.45) is 0 Å². The molecule has 1 amide bonds. The molecule has 1 aliphatic rings. The van der Waals surface area contributed by atoms with Crippen LogP contribution in [0.2, 0.25) is 0 Å². The van der Waals surface area contributed by atoms with Crippen LogP contribution in [-0.4, -0.2) is 28.0 Å². The second-order valence-corrected chi connectivity index (χ2v) is 7.38. The van der Waals surface area contributed by atoms with E-state index < -0.39 is 0 Å². The summed E-state index contributed by atoms with van der Waals surface area (Å²) in [5, 5.41) is 5.69. The van der Waals surface area contributed by atoms with Crippen LogP contribution in [0.25, 0.3) is 0 Å². The van der Waals surface area contributed by atoms with Gasteiger partial charge in [0, 0.05) is 0 Å². The van der Waals surface area contributed by atoms with Crippen LogP contribution in [-0.2, 0) is 4.79 Å². The van der Waals surface area contributed by atoms with E-state index in [9.17, 15) is 9.59 Å². The number of hydrogen-bond donors (Lipinski definition) is 2. The minimum absolute atomic E-state index is 0.0802. The van der Waals surface area contributed by atoms with Crippen molar-refractivity contribution in [3.63, 3.8) is 0 Å². The molecule has 0 radical (unpaired) electrons. The predicted molar refractivity (Wildman–Crippen MR) is 105 cm³/mol. The molecule has 1 aromatic heterocycles. The van der Waals surface area contributed by atoms with E-state index in [2.05, 4.69) is 24.3 Å². The number of thioether (sulfide) groups is 1. The number of aromatic nitrogens is 2. The van der Waals surface area contributed by atoms with Crippen molar-refractivity contribution in [2.75, 3.05) is 17.7 Å². The lowest BCUT2D eigenvalue weighted by Gasteiger charge is -2.18. The van der Waals surface area contributed by atoms with E-state index in [-0.39, 0.29) is 22.8 Å². The van der Waals surface area contributed by atoms with Crippen molar-refractivity contribution in [3.05, 3.63) is 45.7 Å². The Morgan fingerprint density at radius 3 is 2.50 bits per heavy atom. The maximum Gasteiger partial charge on any atom is 0.270 e. The average molecular weight is 375 g/mol. The molecular formula is C19H25N3O3S. The van der Waals surface area contributed by atoms with E-state index in [4.69, 9.17) is 4.74 Å². The van der Waals surface area contributed by atoms with E-state index in [1.54, 1.807) is 0 Å². The average Bonchev–Trinajstić information content (AvgIpc) is 2.84. The van der Waals surface area contributed by atoms with Crippen molar-refractivity contribution in [2.45, 2.75) is 44.9 Å². The Kier molecular flexibility index (Phi) is 5.76. The van der Waals surface area contributed by atoms with Crippen LogP contribution >= 0.6 is 11.8 Å². The van der Waals surface area contributed by atoms with Crippen LogP contribution in [0.5, 0.6) is 5.75 Å². The molecule has 6 nitrogen and oxygen atoms in total. The van der Waals surface area contributed by atoms with E-state index >= 15 is 0 Å². The molecule has 0 bridgehead atoms. The Balaban J connectivity index is 2.07. The summed E-state index contributed by atoms with van der Waals surface area (Å²) < 4.78 is 7.34. The first-order valence-electron chi connectivity index (χ1n) is 9.07. The van der Waals surface area contributed by atoms with Gasteiger partial charge in [-0.25, -0.2) is 0 Å². The van der Waals surface area contributed by atoms with Gasteiger partial charge in [-0.05, 0) is 37.5 Å². The lowest BCUT2D eigenvalue weighted by molar-refractivity contribution is -0.113. The Hall–Kier alpha value is -2.15.